The summed E-state index contributed by atoms with van der Waals surface area (Å²) in [6.07, 6.45) is 0. The van der Waals surface area contributed by atoms with Crippen molar-refractivity contribution in [3.63, 3.8) is 0 Å². The molecular weight excluding hydrogens is 280 g/mol. The third-order valence-corrected chi connectivity index (χ3v) is 3.23. The molecule has 1 aliphatic rings. The monoisotopic (exact) mass is 294 g/mol. The van der Waals surface area contributed by atoms with E-state index in [-0.39, 0.29) is 11.6 Å². The van der Waals surface area contributed by atoms with E-state index in [0.29, 0.717) is 19.6 Å². The molecule has 0 spiro atoms. The second kappa shape index (κ2) is 5.83. The van der Waals surface area contributed by atoms with Crippen LogP contribution in [-0.2, 0) is 0 Å². The quantitative estimate of drug-likeness (QED) is 0.654. The number of amides is 1. The zero-order valence-corrected chi connectivity index (χ0v) is 11.3. The molecule has 0 bridgehead atoms. The fourth-order valence-electron chi connectivity index (χ4n) is 2.23. The predicted octanol–water partition coefficient (Wildman–Crippen LogP) is 0.937. The van der Waals surface area contributed by atoms with Gasteiger partial charge in [-0.25, -0.2) is 0 Å². The summed E-state index contributed by atoms with van der Waals surface area (Å²) >= 11 is 0. The molecule has 0 aromatic heterocycles. The first-order valence-electron chi connectivity index (χ1n) is 6.35. The van der Waals surface area contributed by atoms with Crippen molar-refractivity contribution in [1.82, 2.24) is 10.2 Å². The first-order valence-corrected chi connectivity index (χ1v) is 6.35. The molecule has 0 radical (unpaired) electrons. The zero-order chi connectivity index (χ0) is 15.6. The molecule has 2 rings (SSSR count). The van der Waals surface area contributed by atoms with Crippen molar-refractivity contribution < 1.29 is 14.6 Å². The predicted molar refractivity (Wildman–Crippen MR) is 73.1 cm³/mol. The van der Waals surface area contributed by atoms with Gasteiger partial charge in [0.25, 0.3) is 17.3 Å². The minimum atomic E-state index is -0.746. The largest absolute Gasteiger partial charge is 0.336 e. The van der Waals surface area contributed by atoms with Gasteiger partial charge >= 0.3 is 0 Å². The van der Waals surface area contributed by atoms with E-state index in [2.05, 4.69) is 5.32 Å². The maximum absolute atomic E-state index is 12.3. The summed E-state index contributed by atoms with van der Waals surface area (Å²) in [4.78, 5) is 34.0. The van der Waals surface area contributed by atoms with Crippen molar-refractivity contribution in [2.45, 2.75) is 13.0 Å². The lowest BCUT2D eigenvalue weighted by atomic mass is 10.1. The molecule has 1 amide bonds. The summed E-state index contributed by atoms with van der Waals surface area (Å²) in [5.74, 6) is -0.435. The van der Waals surface area contributed by atoms with E-state index in [0.717, 1.165) is 18.2 Å². The van der Waals surface area contributed by atoms with Gasteiger partial charge < -0.3 is 10.2 Å². The number of hydrogen-bond acceptors (Lipinski definition) is 6. The molecular formula is C12H14N4O5. The average Bonchev–Trinajstić information content (AvgIpc) is 2.45. The Kier molecular flexibility index (Phi) is 4.13. The van der Waals surface area contributed by atoms with E-state index in [1.807, 2.05) is 6.92 Å². The van der Waals surface area contributed by atoms with Gasteiger partial charge in [-0.3, -0.25) is 25.0 Å². The number of hydrogen-bond donors (Lipinski definition) is 1. The Bertz CT molecular complexity index is 571. The number of nitro groups is 2. The van der Waals surface area contributed by atoms with Crippen LogP contribution in [0.2, 0.25) is 0 Å². The normalized spacial score (nSPS) is 18.3. The van der Waals surface area contributed by atoms with Gasteiger partial charge in [0, 0.05) is 37.8 Å². The Morgan fingerprint density at radius 3 is 2.29 bits per heavy atom. The van der Waals surface area contributed by atoms with Gasteiger partial charge in [0.05, 0.1) is 21.5 Å². The van der Waals surface area contributed by atoms with E-state index >= 15 is 0 Å². The van der Waals surface area contributed by atoms with Crippen molar-refractivity contribution in [2.24, 2.45) is 0 Å². The van der Waals surface area contributed by atoms with Crippen LogP contribution in [0.15, 0.2) is 18.2 Å². The van der Waals surface area contributed by atoms with Crippen LogP contribution in [0.1, 0.15) is 17.3 Å². The van der Waals surface area contributed by atoms with Crippen LogP contribution in [0.25, 0.3) is 0 Å². The molecule has 1 N–H and O–H groups in total. The molecule has 1 fully saturated rings. The number of piperazine rings is 1. The Morgan fingerprint density at radius 2 is 1.81 bits per heavy atom. The molecule has 1 aliphatic heterocycles. The number of carbonyl (C=O) groups excluding carboxylic acids is 1. The summed E-state index contributed by atoms with van der Waals surface area (Å²) in [5.41, 5.74) is -0.962. The molecule has 1 heterocycles. The SMILES string of the molecule is C[C@H]1CN(C(=O)c2cc([N+](=O)[O-])cc([N+](=O)[O-])c2)CCN1. The fraction of sp³-hybridized carbons (Fsp3) is 0.417. The summed E-state index contributed by atoms with van der Waals surface area (Å²) in [6.45, 7) is 3.44. The van der Waals surface area contributed by atoms with Gasteiger partial charge in [-0.15, -0.1) is 0 Å². The Hall–Kier alpha value is -2.55. The van der Waals surface area contributed by atoms with E-state index in [1.54, 1.807) is 0 Å². The second-order valence-corrected chi connectivity index (χ2v) is 4.86. The first kappa shape index (κ1) is 14.9. The van der Waals surface area contributed by atoms with Crippen LogP contribution in [-0.4, -0.2) is 46.3 Å². The molecule has 0 aliphatic carbocycles. The van der Waals surface area contributed by atoms with Crippen molar-refractivity contribution in [1.29, 1.82) is 0 Å². The van der Waals surface area contributed by atoms with Crippen LogP contribution in [0.4, 0.5) is 11.4 Å². The van der Waals surface area contributed by atoms with Crippen molar-refractivity contribution >= 4 is 17.3 Å². The smallest absolute Gasteiger partial charge is 0.277 e. The van der Waals surface area contributed by atoms with Crippen LogP contribution >= 0.6 is 0 Å². The summed E-state index contributed by atoms with van der Waals surface area (Å²) in [5, 5.41) is 24.8. The van der Waals surface area contributed by atoms with E-state index in [1.165, 1.54) is 4.90 Å². The minimum absolute atomic E-state index is 0.0370. The Labute approximate surface area is 119 Å². The van der Waals surface area contributed by atoms with E-state index in [4.69, 9.17) is 0 Å². The molecule has 1 saturated heterocycles. The molecule has 9 nitrogen and oxygen atoms in total. The molecule has 0 saturated carbocycles. The van der Waals surface area contributed by atoms with E-state index < -0.39 is 27.1 Å². The van der Waals surface area contributed by atoms with Gasteiger partial charge in [0.1, 0.15) is 0 Å². The lowest BCUT2D eigenvalue weighted by Gasteiger charge is -2.31. The second-order valence-electron chi connectivity index (χ2n) is 4.86. The topological polar surface area (TPSA) is 119 Å². The highest BCUT2D eigenvalue weighted by atomic mass is 16.6. The van der Waals surface area contributed by atoms with Gasteiger partial charge in [0.2, 0.25) is 0 Å². The first-order chi connectivity index (χ1) is 9.88. The highest BCUT2D eigenvalue weighted by Crippen LogP contribution is 2.23. The van der Waals surface area contributed by atoms with E-state index in [9.17, 15) is 25.0 Å². The van der Waals surface area contributed by atoms with Gasteiger partial charge in [-0.05, 0) is 6.92 Å². The maximum atomic E-state index is 12.3. The number of rotatable bonds is 3. The Morgan fingerprint density at radius 1 is 1.24 bits per heavy atom. The standard InChI is InChI=1S/C12H14N4O5/c1-8-7-14(3-2-13-8)12(17)9-4-10(15(18)19)6-11(5-9)16(20)21/h4-6,8,13H,2-3,7H2,1H3/t8-/m0/s1. The van der Waals surface area contributed by atoms with Crippen LogP contribution in [0, 0.1) is 20.2 Å². The molecule has 21 heavy (non-hydrogen) atoms. The third kappa shape index (κ3) is 3.31. The fourth-order valence-corrected chi connectivity index (χ4v) is 2.23. The lowest BCUT2D eigenvalue weighted by molar-refractivity contribution is -0.394. The summed E-state index contributed by atoms with van der Waals surface area (Å²) < 4.78 is 0. The summed E-state index contributed by atoms with van der Waals surface area (Å²) in [6, 6.07) is 3.10. The highest BCUT2D eigenvalue weighted by molar-refractivity contribution is 5.95. The number of non-ortho nitro benzene ring substituents is 2. The van der Waals surface area contributed by atoms with Crippen molar-refractivity contribution in [3.05, 3.63) is 44.0 Å². The molecule has 1 aromatic rings. The maximum Gasteiger partial charge on any atom is 0.277 e. The van der Waals surface area contributed by atoms with Crippen LogP contribution in [0.5, 0.6) is 0 Å². The Balaban J connectivity index is 2.35. The molecule has 9 heteroatoms. The minimum Gasteiger partial charge on any atom is -0.336 e. The molecule has 1 atom stereocenters. The zero-order valence-electron chi connectivity index (χ0n) is 11.3. The molecule has 112 valence electrons. The van der Waals surface area contributed by atoms with Gasteiger partial charge in [0.15, 0.2) is 0 Å². The summed E-state index contributed by atoms with van der Waals surface area (Å²) in [7, 11) is 0. The lowest BCUT2D eigenvalue weighted by Crippen LogP contribution is -2.51. The number of nitrogens with zero attached hydrogens (tertiary/aromatic N) is 3. The van der Waals surface area contributed by atoms with Crippen LogP contribution < -0.4 is 5.32 Å². The molecule has 1 aromatic carbocycles. The third-order valence-electron chi connectivity index (χ3n) is 3.23. The van der Waals surface area contributed by atoms with Crippen LogP contribution in [0.3, 0.4) is 0 Å². The number of benzene rings is 1. The van der Waals surface area contributed by atoms with Gasteiger partial charge in [-0.1, -0.05) is 0 Å². The number of nitrogens with one attached hydrogen (secondary N) is 1. The van der Waals surface area contributed by atoms with Crippen molar-refractivity contribution in [2.75, 3.05) is 19.6 Å². The number of carbonyl (C=O) groups is 1. The van der Waals surface area contributed by atoms with Gasteiger partial charge in [-0.2, -0.15) is 0 Å². The highest BCUT2D eigenvalue weighted by Gasteiger charge is 2.25. The molecule has 0 unspecified atom stereocenters. The van der Waals surface area contributed by atoms with Crippen molar-refractivity contribution in [3.8, 4) is 0 Å². The number of nitro benzene ring substituents is 2. The average molecular weight is 294 g/mol.